The Morgan fingerprint density at radius 2 is 2.43 bits per heavy atom. The largest absolute Gasteiger partial charge is 0.480 e. The number of furan rings is 1. The molecule has 0 spiro atoms. The standard InChI is InChI=1S/C10H13NO3/c1-6-2-3-7-4-14-5-8(7)10(6,11)9(12)13/h4-6H,2-3,11H2,1H3,(H,12,13). The van der Waals surface area contributed by atoms with E-state index in [1.807, 2.05) is 6.92 Å². The van der Waals surface area contributed by atoms with E-state index in [-0.39, 0.29) is 5.92 Å². The molecule has 2 atom stereocenters. The van der Waals surface area contributed by atoms with Gasteiger partial charge in [0.15, 0.2) is 0 Å². The Bertz CT molecular complexity index is 371. The molecule has 0 aromatic carbocycles. The molecular weight excluding hydrogens is 182 g/mol. The topological polar surface area (TPSA) is 76.5 Å². The second-order valence-corrected chi connectivity index (χ2v) is 3.92. The van der Waals surface area contributed by atoms with Crippen LogP contribution < -0.4 is 5.73 Å². The lowest BCUT2D eigenvalue weighted by atomic mass is 9.72. The van der Waals surface area contributed by atoms with Crippen LogP contribution in [-0.2, 0) is 16.8 Å². The molecule has 76 valence electrons. The molecule has 2 unspecified atom stereocenters. The summed E-state index contributed by atoms with van der Waals surface area (Å²) in [4.78, 5) is 11.2. The van der Waals surface area contributed by atoms with E-state index < -0.39 is 11.5 Å². The number of aryl methyl sites for hydroxylation is 1. The summed E-state index contributed by atoms with van der Waals surface area (Å²) >= 11 is 0. The van der Waals surface area contributed by atoms with Crippen LogP contribution >= 0.6 is 0 Å². The van der Waals surface area contributed by atoms with E-state index in [0.29, 0.717) is 5.56 Å². The Hall–Kier alpha value is -1.29. The van der Waals surface area contributed by atoms with Gasteiger partial charge in [-0.3, -0.25) is 0 Å². The van der Waals surface area contributed by atoms with Crippen molar-refractivity contribution in [3.8, 4) is 0 Å². The van der Waals surface area contributed by atoms with Crippen LogP contribution in [0.15, 0.2) is 16.9 Å². The molecule has 2 rings (SSSR count). The first-order chi connectivity index (χ1) is 6.56. The van der Waals surface area contributed by atoms with Crippen molar-refractivity contribution in [1.29, 1.82) is 0 Å². The predicted octanol–water partition coefficient (Wildman–Crippen LogP) is 1.10. The molecule has 0 aliphatic heterocycles. The zero-order valence-corrected chi connectivity index (χ0v) is 7.99. The first-order valence-electron chi connectivity index (χ1n) is 4.64. The smallest absolute Gasteiger partial charge is 0.328 e. The SMILES string of the molecule is CC1CCc2cocc2C1(N)C(=O)O. The summed E-state index contributed by atoms with van der Waals surface area (Å²) in [5, 5.41) is 9.17. The van der Waals surface area contributed by atoms with Crippen molar-refractivity contribution >= 4 is 5.97 Å². The number of hydrogen-bond acceptors (Lipinski definition) is 3. The maximum Gasteiger partial charge on any atom is 0.328 e. The zero-order valence-electron chi connectivity index (χ0n) is 7.99. The lowest BCUT2D eigenvalue weighted by Gasteiger charge is -2.34. The van der Waals surface area contributed by atoms with Gasteiger partial charge < -0.3 is 15.3 Å². The van der Waals surface area contributed by atoms with Crippen molar-refractivity contribution in [2.75, 3.05) is 0 Å². The third-order valence-corrected chi connectivity index (χ3v) is 3.17. The van der Waals surface area contributed by atoms with E-state index in [0.717, 1.165) is 18.4 Å². The van der Waals surface area contributed by atoms with Crippen molar-refractivity contribution in [3.63, 3.8) is 0 Å². The number of carboxylic acids is 1. The summed E-state index contributed by atoms with van der Waals surface area (Å²) in [6.07, 6.45) is 4.68. The molecule has 0 saturated carbocycles. The van der Waals surface area contributed by atoms with Gasteiger partial charge in [-0.1, -0.05) is 6.92 Å². The summed E-state index contributed by atoms with van der Waals surface area (Å²) in [5.74, 6) is -1.04. The molecule has 1 heterocycles. The summed E-state index contributed by atoms with van der Waals surface area (Å²) in [6, 6.07) is 0. The fourth-order valence-corrected chi connectivity index (χ4v) is 2.07. The summed E-state index contributed by atoms with van der Waals surface area (Å²) < 4.78 is 5.02. The molecule has 4 heteroatoms. The average molecular weight is 195 g/mol. The van der Waals surface area contributed by atoms with Gasteiger partial charge in [-0.15, -0.1) is 0 Å². The van der Waals surface area contributed by atoms with E-state index >= 15 is 0 Å². The molecule has 4 nitrogen and oxygen atoms in total. The Morgan fingerprint density at radius 3 is 3.07 bits per heavy atom. The Labute approximate surface area is 81.7 Å². The lowest BCUT2D eigenvalue weighted by Crippen LogP contribution is -2.52. The molecule has 0 radical (unpaired) electrons. The van der Waals surface area contributed by atoms with Gasteiger partial charge in [-0.25, -0.2) is 4.79 Å². The third-order valence-electron chi connectivity index (χ3n) is 3.17. The number of rotatable bonds is 1. The molecule has 0 fully saturated rings. The van der Waals surface area contributed by atoms with Crippen LogP contribution in [0.2, 0.25) is 0 Å². The van der Waals surface area contributed by atoms with Gasteiger partial charge in [-0.05, 0) is 24.3 Å². The Morgan fingerprint density at radius 1 is 1.71 bits per heavy atom. The van der Waals surface area contributed by atoms with Crippen LogP contribution in [0.4, 0.5) is 0 Å². The highest BCUT2D eigenvalue weighted by atomic mass is 16.4. The highest BCUT2D eigenvalue weighted by Crippen LogP contribution is 2.38. The minimum absolute atomic E-state index is 0.0647. The van der Waals surface area contributed by atoms with E-state index in [1.54, 1.807) is 6.26 Å². The number of nitrogens with two attached hydrogens (primary N) is 1. The van der Waals surface area contributed by atoms with Gasteiger partial charge in [0.25, 0.3) is 0 Å². The van der Waals surface area contributed by atoms with Crippen molar-refractivity contribution in [1.82, 2.24) is 0 Å². The second-order valence-electron chi connectivity index (χ2n) is 3.92. The van der Waals surface area contributed by atoms with Crippen molar-refractivity contribution in [3.05, 3.63) is 23.7 Å². The highest BCUT2D eigenvalue weighted by Gasteiger charge is 2.46. The minimum atomic E-state index is -1.28. The molecule has 3 N–H and O–H groups in total. The van der Waals surface area contributed by atoms with E-state index in [2.05, 4.69) is 0 Å². The van der Waals surface area contributed by atoms with Crippen LogP contribution in [0.25, 0.3) is 0 Å². The summed E-state index contributed by atoms with van der Waals surface area (Å²) in [7, 11) is 0. The zero-order chi connectivity index (χ0) is 10.3. The summed E-state index contributed by atoms with van der Waals surface area (Å²) in [6.45, 7) is 1.87. The van der Waals surface area contributed by atoms with E-state index in [9.17, 15) is 4.79 Å². The number of carbonyl (C=O) groups is 1. The van der Waals surface area contributed by atoms with Gasteiger partial charge in [0.05, 0.1) is 12.5 Å². The lowest BCUT2D eigenvalue weighted by molar-refractivity contribution is -0.146. The predicted molar refractivity (Wildman–Crippen MR) is 49.7 cm³/mol. The molecule has 1 aliphatic rings. The first kappa shape index (κ1) is 9.27. The van der Waals surface area contributed by atoms with Gasteiger partial charge in [0.2, 0.25) is 0 Å². The second kappa shape index (κ2) is 2.85. The number of hydrogen-bond donors (Lipinski definition) is 2. The molecule has 14 heavy (non-hydrogen) atoms. The molecule has 1 aromatic rings. The van der Waals surface area contributed by atoms with Crippen LogP contribution in [0.1, 0.15) is 24.5 Å². The van der Waals surface area contributed by atoms with Gasteiger partial charge >= 0.3 is 5.97 Å². The normalized spacial score (nSPS) is 31.1. The van der Waals surface area contributed by atoms with Gasteiger partial charge in [0, 0.05) is 5.56 Å². The van der Waals surface area contributed by atoms with Crippen LogP contribution in [-0.4, -0.2) is 11.1 Å². The van der Waals surface area contributed by atoms with Crippen LogP contribution in [0.5, 0.6) is 0 Å². The molecule has 1 aromatic heterocycles. The van der Waals surface area contributed by atoms with E-state index in [1.165, 1.54) is 6.26 Å². The van der Waals surface area contributed by atoms with Gasteiger partial charge in [0.1, 0.15) is 5.54 Å². The van der Waals surface area contributed by atoms with Crippen LogP contribution in [0.3, 0.4) is 0 Å². The molecular formula is C10H13NO3. The molecule has 0 saturated heterocycles. The Kier molecular flexibility index (Phi) is 1.89. The maximum absolute atomic E-state index is 11.2. The van der Waals surface area contributed by atoms with Crippen molar-refractivity contribution < 1.29 is 14.3 Å². The monoisotopic (exact) mass is 195 g/mol. The first-order valence-corrected chi connectivity index (χ1v) is 4.64. The third kappa shape index (κ3) is 1.00. The quantitative estimate of drug-likeness (QED) is 0.703. The number of aliphatic carboxylic acids is 1. The fourth-order valence-electron chi connectivity index (χ4n) is 2.07. The van der Waals surface area contributed by atoms with Gasteiger partial charge in [-0.2, -0.15) is 0 Å². The summed E-state index contributed by atoms with van der Waals surface area (Å²) in [5.41, 5.74) is 6.22. The molecule has 1 aliphatic carbocycles. The minimum Gasteiger partial charge on any atom is -0.480 e. The maximum atomic E-state index is 11.2. The fraction of sp³-hybridized carbons (Fsp3) is 0.500. The molecule has 0 amide bonds. The van der Waals surface area contributed by atoms with E-state index in [4.69, 9.17) is 15.3 Å². The highest BCUT2D eigenvalue weighted by molar-refractivity contribution is 5.81. The van der Waals surface area contributed by atoms with Crippen molar-refractivity contribution in [2.24, 2.45) is 11.7 Å². The van der Waals surface area contributed by atoms with Crippen LogP contribution in [0, 0.1) is 5.92 Å². The van der Waals surface area contributed by atoms with Crippen molar-refractivity contribution in [2.45, 2.75) is 25.3 Å². The molecule has 0 bridgehead atoms. The number of carboxylic acid groups (broad SMARTS) is 1. The Balaban J connectivity index is 2.56. The average Bonchev–Trinajstić information content (AvgIpc) is 2.59. The number of fused-ring (bicyclic) bond motifs is 1.